The van der Waals surface area contributed by atoms with Gasteiger partial charge in [0.25, 0.3) is 10.0 Å². The zero-order valence-electron chi connectivity index (χ0n) is 15.4. The van der Waals surface area contributed by atoms with Gasteiger partial charge in [-0.2, -0.15) is 0 Å². The number of nitrogens with one attached hydrogen (secondary N) is 2. The molecule has 0 atom stereocenters. The average Bonchev–Trinajstić information content (AvgIpc) is 2.69. The van der Waals surface area contributed by atoms with Gasteiger partial charge < -0.3 is 15.2 Å². The zero-order chi connectivity index (χ0) is 20.0. The normalized spacial score (nSPS) is 11.4. The van der Waals surface area contributed by atoms with Gasteiger partial charge in [0.15, 0.2) is 11.6 Å². The van der Waals surface area contributed by atoms with Gasteiger partial charge in [0.05, 0.1) is 22.5 Å². The van der Waals surface area contributed by atoms with E-state index in [0.717, 1.165) is 0 Å². The van der Waals surface area contributed by atoms with Gasteiger partial charge in [-0.25, -0.2) is 18.4 Å². The van der Waals surface area contributed by atoms with Gasteiger partial charge in [0.2, 0.25) is 0 Å². The maximum absolute atomic E-state index is 12.8. The van der Waals surface area contributed by atoms with E-state index in [-0.39, 0.29) is 17.3 Å². The molecule has 2 aromatic carbocycles. The van der Waals surface area contributed by atoms with Crippen molar-refractivity contribution in [2.45, 2.75) is 18.2 Å². The van der Waals surface area contributed by atoms with Gasteiger partial charge in [-0.3, -0.25) is 4.72 Å². The third-order valence-electron chi connectivity index (χ3n) is 3.87. The van der Waals surface area contributed by atoms with Crippen molar-refractivity contribution < 1.29 is 18.3 Å². The minimum Gasteiger partial charge on any atom is -0.494 e. The number of para-hydroxylation sites is 2. The molecule has 3 N–H and O–H groups in total. The molecule has 0 fully saturated rings. The van der Waals surface area contributed by atoms with Crippen LogP contribution in [0.3, 0.4) is 0 Å². The Kier molecular flexibility index (Phi) is 6.27. The monoisotopic (exact) mass is 402 g/mol. The molecule has 0 unspecified atom stereocenters. The average molecular weight is 402 g/mol. The molecule has 148 valence electrons. The van der Waals surface area contributed by atoms with Crippen LogP contribution in [0.4, 0.5) is 11.6 Å². The Bertz CT molecular complexity index is 1040. The summed E-state index contributed by atoms with van der Waals surface area (Å²) in [5.41, 5.74) is 1.21. The summed E-state index contributed by atoms with van der Waals surface area (Å²) in [7, 11) is -3.86. The molecule has 0 amide bonds. The van der Waals surface area contributed by atoms with Crippen molar-refractivity contribution in [2.75, 3.05) is 29.8 Å². The Balaban J connectivity index is 1.93. The third-order valence-corrected chi connectivity index (χ3v) is 5.23. The molecule has 0 saturated carbocycles. The zero-order valence-corrected chi connectivity index (χ0v) is 16.2. The van der Waals surface area contributed by atoms with Gasteiger partial charge >= 0.3 is 0 Å². The molecule has 0 aliphatic heterocycles. The SMILES string of the molecule is CCOc1ccc(S(=O)(=O)Nc2nc3ccccc3nc2NCCCO)cc1. The lowest BCUT2D eigenvalue weighted by Gasteiger charge is -2.14. The molecule has 9 heteroatoms. The second kappa shape index (κ2) is 8.85. The Morgan fingerprint density at radius 1 is 1.00 bits per heavy atom. The highest BCUT2D eigenvalue weighted by Crippen LogP contribution is 2.25. The van der Waals surface area contributed by atoms with Crippen molar-refractivity contribution in [1.29, 1.82) is 0 Å². The Labute approximate surface area is 163 Å². The lowest BCUT2D eigenvalue weighted by Crippen LogP contribution is -2.17. The van der Waals surface area contributed by atoms with Crippen LogP contribution < -0.4 is 14.8 Å². The number of hydrogen-bond acceptors (Lipinski definition) is 7. The molecule has 0 saturated heterocycles. The summed E-state index contributed by atoms with van der Waals surface area (Å²) >= 11 is 0. The first-order valence-electron chi connectivity index (χ1n) is 8.90. The predicted molar refractivity (Wildman–Crippen MR) is 108 cm³/mol. The molecule has 0 aliphatic carbocycles. The number of anilines is 2. The van der Waals surface area contributed by atoms with Crippen LogP contribution in [0.2, 0.25) is 0 Å². The van der Waals surface area contributed by atoms with E-state index in [9.17, 15) is 8.42 Å². The Morgan fingerprint density at radius 2 is 1.64 bits per heavy atom. The molecule has 3 rings (SSSR count). The summed E-state index contributed by atoms with van der Waals surface area (Å²) in [6.45, 7) is 2.80. The minimum absolute atomic E-state index is 0.0151. The summed E-state index contributed by atoms with van der Waals surface area (Å²) < 4.78 is 33.5. The summed E-state index contributed by atoms with van der Waals surface area (Å²) in [5.74, 6) is 1.01. The summed E-state index contributed by atoms with van der Waals surface area (Å²) in [6.07, 6.45) is 0.500. The van der Waals surface area contributed by atoms with E-state index in [0.29, 0.717) is 42.2 Å². The minimum atomic E-state index is -3.86. The second-order valence-electron chi connectivity index (χ2n) is 5.92. The number of benzene rings is 2. The Morgan fingerprint density at radius 3 is 2.25 bits per heavy atom. The van der Waals surface area contributed by atoms with Crippen LogP contribution in [0.1, 0.15) is 13.3 Å². The van der Waals surface area contributed by atoms with Crippen LogP contribution in [0.5, 0.6) is 5.75 Å². The van der Waals surface area contributed by atoms with E-state index < -0.39 is 10.0 Å². The number of rotatable bonds is 9. The highest BCUT2D eigenvalue weighted by molar-refractivity contribution is 7.92. The molecule has 1 heterocycles. The van der Waals surface area contributed by atoms with Crippen LogP contribution in [0, 0.1) is 0 Å². The molecule has 0 radical (unpaired) electrons. The van der Waals surface area contributed by atoms with Crippen molar-refractivity contribution in [3.05, 3.63) is 48.5 Å². The molecule has 0 aliphatic rings. The highest BCUT2D eigenvalue weighted by atomic mass is 32.2. The van der Waals surface area contributed by atoms with Crippen molar-refractivity contribution in [1.82, 2.24) is 9.97 Å². The largest absolute Gasteiger partial charge is 0.494 e. The fourth-order valence-electron chi connectivity index (χ4n) is 2.55. The topological polar surface area (TPSA) is 113 Å². The molecule has 1 aromatic heterocycles. The van der Waals surface area contributed by atoms with Crippen molar-refractivity contribution >= 4 is 32.7 Å². The van der Waals surface area contributed by atoms with Crippen molar-refractivity contribution in [3.8, 4) is 5.75 Å². The number of aromatic nitrogens is 2. The molecular weight excluding hydrogens is 380 g/mol. The van der Waals surface area contributed by atoms with Gasteiger partial charge in [-0.15, -0.1) is 0 Å². The van der Waals surface area contributed by atoms with Crippen LogP contribution in [-0.4, -0.2) is 43.3 Å². The first kappa shape index (κ1) is 19.8. The van der Waals surface area contributed by atoms with E-state index >= 15 is 0 Å². The second-order valence-corrected chi connectivity index (χ2v) is 7.61. The molecule has 0 spiro atoms. The number of aliphatic hydroxyl groups is 1. The van der Waals surface area contributed by atoms with Crippen molar-refractivity contribution in [2.24, 2.45) is 0 Å². The van der Waals surface area contributed by atoms with Gasteiger partial charge in [0.1, 0.15) is 5.75 Å². The van der Waals surface area contributed by atoms with Crippen LogP contribution in [0.15, 0.2) is 53.4 Å². The number of hydrogen-bond donors (Lipinski definition) is 3. The maximum Gasteiger partial charge on any atom is 0.263 e. The molecule has 0 bridgehead atoms. The number of aliphatic hydroxyl groups excluding tert-OH is 1. The van der Waals surface area contributed by atoms with Gasteiger partial charge in [-0.1, -0.05) is 12.1 Å². The number of fused-ring (bicyclic) bond motifs is 1. The number of ether oxygens (including phenoxy) is 1. The van der Waals surface area contributed by atoms with Crippen LogP contribution >= 0.6 is 0 Å². The fourth-order valence-corrected chi connectivity index (χ4v) is 3.56. The Hall–Kier alpha value is -2.91. The first-order valence-corrected chi connectivity index (χ1v) is 10.4. The molecular formula is C19H22N4O4S. The maximum atomic E-state index is 12.8. The molecule has 8 nitrogen and oxygen atoms in total. The molecule has 28 heavy (non-hydrogen) atoms. The smallest absolute Gasteiger partial charge is 0.263 e. The third kappa shape index (κ3) is 4.68. The van der Waals surface area contributed by atoms with Gasteiger partial charge in [-0.05, 0) is 49.7 Å². The summed E-state index contributed by atoms with van der Waals surface area (Å²) in [6, 6.07) is 13.3. The molecule has 3 aromatic rings. The van der Waals surface area contributed by atoms with Gasteiger partial charge in [0, 0.05) is 13.2 Å². The first-order chi connectivity index (χ1) is 13.5. The van der Waals surface area contributed by atoms with Crippen LogP contribution in [-0.2, 0) is 10.0 Å². The number of nitrogens with zero attached hydrogens (tertiary/aromatic N) is 2. The van der Waals surface area contributed by atoms with E-state index in [2.05, 4.69) is 20.0 Å². The van der Waals surface area contributed by atoms with Crippen molar-refractivity contribution in [3.63, 3.8) is 0 Å². The lowest BCUT2D eigenvalue weighted by atomic mass is 10.3. The van der Waals surface area contributed by atoms with E-state index in [1.54, 1.807) is 30.3 Å². The standard InChI is InChI=1S/C19H22N4O4S/c1-2-27-14-8-10-15(11-9-14)28(25,26)23-19-18(20-12-5-13-24)21-16-6-3-4-7-17(16)22-19/h3-4,6-11,24H,2,5,12-13H2,1H3,(H,20,21)(H,22,23). The van der Waals surface area contributed by atoms with E-state index in [4.69, 9.17) is 9.84 Å². The summed E-state index contributed by atoms with van der Waals surface area (Å²) in [4.78, 5) is 8.96. The predicted octanol–water partition coefficient (Wildman–Crippen LogP) is 2.62. The summed E-state index contributed by atoms with van der Waals surface area (Å²) in [5, 5.41) is 12.0. The number of sulfonamides is 1. The quantitative estimate of drug-likeness (QED) is 0.472. The highest BCUT2D eigenvalue weighted by Gasteiger charge is 2.19. The fraction of sp³-hybridized carbons (Fsp3) is 0.263. The van der Waals surface area contributed by atoms with E-state index in [1.165, 1.54) is 12.1 Å². The van der Waals surface area contributed by atoms with E-state index in [1.807, 2.05) is 13.0 Å². The van der Waals surface area contributed by atoms with Crippen LogP contribution in [0.25, 0.3) is 11.0 Å². The lowest BCUT2D eigenvalue weighted by molar-refractivity contribution is 0.292.